The first-order valence-corrected chi connectivity index (χ1v) is 11.6. The number of benzene rings is 2. The van der Waals surface area contributed by atoms with Gasteiger partial charge in [-0.15, -0.1) is 0 Å². The third kappa shape index (κ3) is 5.84. The Bertz CT molecular complexity index is 1190. The molecular weight excluding hydrogens is 426 g/mol. The maximum atomic E-state index is 13.0. The number of amides is 3. The minimum absolute atomic E-state index is 0.0724. The Kier molecular flexibility index (Phi) is 7.44. The normalized spacial score (nSPS) is 11.3. The van der Waals surface area contributed by atoms with Gasteiger partial charge in [-0.25, -0.2) is 9.48 Å². The van der Waals surface area contributed by atoms with E-state index >= 15 is 0 Å². The number of anilines is 2. The van der Waals surface area contributed by atoms with Gasteiger partial charge >= 0.3 is 6.03 Å². The molecule has 3 aromatic rings. The van der Waals surface area contributed by atoms with Crippen LogP contribution in [0.25, 0.3) is 5.69 Å². The van der Waals surface area contributed by atoms with Gasteiger partial charge in [0.1, 0.15) is 12.4 Å². The highest BCUT2D eigenvalue weighted by Gasteiger charge is 2.23. The second kappa shape index (κ2) is 10.1. The lowest BCUT2D eigenvalue weighted by Gasteiger charge is -2.22. The summed E-state index contributed by atoms with van der Waals surface area (Å²) in [5.74, 6) is 0.291. The molecule has 0 unspecified atom stereocenters. The summed E-state index contributed by atoms with van der Waals surface area (Å²) in [6, 6.07) is 15.3. The lowest BCUT2D eigenvalue weighted by atomic mass is 9.92. The molecule has 0 aliphatic carbocycles. The fraction of sp³-hybridized carbons (Fsp3) is 0.370. The lowest BCUT2D eigenvalue weighted by molar-refractivity contribution is -0.116. The van der Waals surface area contributed by atoms with Crippen LogP contribution < -0.4 is 10.6 Å². The largest absolute Gasteiger partial charge is 0.322 e. The van der Waals surface area contributed by atoms with E-state index in [2.05, 4.69) is 31.4 Å². The molecule has 0 saturated heterocycles. The molecule has 0 bridgehead atoms. The highest BCUT2D eigenvalue weighted by atomic mass is 16.2. The summed E-state index contributed by atoms with van der Waals surface area (Å²) in [6.07, 6.45) is 0. The summed E-state index contributed by atoms with van der Waals surface area (Å²) in [5, 5.41) is 10.7. The third-order valence-corrected chi connectivity index (χ3v) is 5.84. The molecule has 0 spiro atoms. The first-order valence-electron chi connectivity index (χ1n) is 11.6. The second-order valence-electron chi connectivity index (χ2n) is 9.66. The fourth-order valence-corrected chi connectivity index (χ4v) is 3.56. The van der Waals surface area contributed by atoms with Crippen LogP contribution in [0.1, 0.15) is 50.1 Å². The highest BCUT2D eigenvalue weighted by molar-refractivity contribution is 5.97. The van der Waals surface area contributed by atoms with Gasteiger partial charge in [-0.2, -0.15) is 5.10 Å². The molecule has 7 heteroatoms. The first-order chi connectivity index (χ1) is 16.0. The van der Waals surface area contributed by atoms with Crippen LogP contribution in [0.4, 0.5) is 16.3 Å². The monoisotopic (exact) mass is 461 g/mol. The van der Waals surface area contributed by atoms with Crippen LogP contribution >= 0.6 is 0 Å². The zero-order valence-electron chi connectivity index (χ0n) is 21.2. The topological polar surface area (TPSA) is 79.3 Å². The molecule has 0 aliphatic rings. The number of hydrogen-bond acceptors (Lipinski definition) is 3. The van der Waals surface area contributed by atoms with E-state index in [-0.39, 0.29) is 23.9 Å². The maximum Gasteiger partial charge on any atom is 0.322 e. The van der Waals surface area contributed by atoms with E-state index in [0.29, 0.717) is 12.4 Å². The molecule has 180 valence electrons. The van der Waals surface area contributed by atoms with E-state index in [0.717, 1.165) is 33.8 Å². The molecule has 1 aromatic heterocycles. The van der Waals surface area contributed by atoms with Gasteiger partial charge in [0.25, 0.3) is 0 Å². The third-order valence-electron chi connectivity index (χ3n) is 5.84. The number of hydrogen-bond donors (Lipinski definition) is 2. The minimum atomic E-state index is -0.311. The maximum absolute atomic E-state index is 13.0. The molecule has 3 rings (SSSR count). The van der Waals surface area contributed by atoms with Crippen LogP contribution in [0.5, 0.6) is 0 Å². The molecule has 7 nitrogen and oxygen atoms in total. The van der Waals surface area contributed by atoms with E-state index in [1.54, 1.807) is 4.68 Å². The number of rotatable bonds is 6. The van der Waals surface area contributed by atoms with E-state index in [9.17, 15) is 9.59 Å². The van der Waals surface area contributed by atoms with E-state index in [1.165, 1.54) is 4.90 Å². The van der Waals surface area contributed by atoms with Gasteiger partial charge in [0.05, 0.1) is 11.4 Å². The van der Waals surface area contributed by atoms with Crippen molar-refractivity contribution in [3.63, 3.8) is 0 Å². The summed E-state index contributed by atoms with van der Waals surface area (Å²) < 4.78 is 1.75. The molecule has 0 radical (unpaired) electrons. The Morgan fingerprint density at radius 1 is 1.00 bits per heavy atom. The number of urea groups is 1. The van der Waals surface area contributed by atoms with Gasteiger partial charge in [0, 0.05) is 23.7 Å². The molecule has 0 fully saturated rings. The van der Waals surface area contributed by atoms with Crippen molar-refractivity contribution in [1.82, 2.24) is 14.7 Å². The van der Waals surface area contributed by atoms with Crippen LogP contribution in [0, 0.1) is 20.8 Å². The van der Waals surface area contributed by atoms with Gasteiger partial charge in [-0.1, -0.05) is 45.0 Å². The zero-order chi connectivity index (χ0) is 25.0. The van der Waals surface area contributed by atoms with Gasteiger partial charge in [-0.3, -0.25) is 4.79 Å². The minimum Gasteiger partial charge on any atom is -0.315 e. The van der Waals surface area contributed by atoms with Crippen LogP contribution in [0.2, 0.25) is 0 Å². The van der Waals surface area contributed by atoms with Crippen molar-refractivity contribution in [3.8, 4) is 5.69 Å². The number of carbonyl (C=O) groups excluding carboxylic acids is 2. The smallest absolute Gasteiger partial charge is 0.315 e. The van der Waals surface area contributed by atoms with E-state index in [4.69, 9.17) is 5.10 Å². The predicted molar refractivity (Wildman–Crippen MR) is 138 cm³/mol. The summed E-state index contributed by atoms with van der Waals surface area (Å²) in [4.78, 5) is 27.4. The van der Waals surface area contributed by atoms with Gasteiger partial charge in [0.15, 0.2) is 0 Å². The van der Waals surface area contributed by atoms with E-state index in [1.807, 2.05) is 76.2 Å². The molecule has 0 aliphatic heterocycles. The second-order valence-corrected chi connectivity index (χ2v) is 9.66. The summed E-state index contributed by atoms with van der Waals surface area (Å²) >= 11 is 0. The quantitative estimate of drug-likeness (QED) is 0.502. The number of carbonyl (C=O) groups is 2. The average Bonchev–Trinajstić information content (AvgIpc) is 3.19. The Hall–Kier alpha value is -3.61. The number of nitrogens with one attached hydrogen (secondary N) is 2. The molecule has 34 heavy (non-hydrogen) atoms. The van der Waals surface area contributed by atoms with Crippen molar-refractivity contribution in [1.29, 1.82) is 0 Å². The Labute approximate surface area is 202 Å². The molecule has 2 aromatic carbocycles. The Balaban J connectivity index is 1.79. The van der Waals surface area contributed by atoms with Crippen molar-refractivity contribution in [2.75, 3.05) is 23.7 Å². The Morgan fingerprint density at radius 3 is 2.35 bits per heavy atom. The molecule has 0 atom stereocenters. The van der Waals surface area contributed by atoms with Crippen LogP contribution in [0.15, 0.2) is 48.5 Å². The average molecular weight is 462 g/mol. The van der Waals surface area contributed by atoms with Crippen LogP contribution in [-0.4, -0.2) is 39.7 Å². The number of aryl methyl sites for hydroxylation is 2. The van der Waals surface area contributed by atoms with Crippen molar-refractivity contribution < 1.29 is 9.59 Å². The van der Waals surface area contributed by atoms with Crippen molar-refractivity contribution in [3.05, 3.63) is 70.9 Å². The number of likely N-dealkylation sites (N-methyl/N-ethyl adjacent to an activating group) is 1. The fourth-order valence-electron chi connectivity index (χ4n) is 3.56. The van der Waals surface area contributed by atoms with Gasteiger partial charge in [-0.05, 0) is 62.6 Å². The number of nitrogens with zero attached hydrogens (tertiary/aromatic N) is 3. The molecule has 3 amide bonds. The summed E-state index contributed by atoms with van der Waals surface area (Å²) in [7, 11) is 0. The first kappa shape index (κ1) is 25.0. The zero-order valence-corrected chi connectivity index (χ0v) is 21.2. The lowest BCUT2D eigenvalue weighted by Crippen LogP contribution is -2.40. The summed E-state index contributed by atoms with van der Waals surface area (Å²) in [6.45, 7) is 14.4. The van der Waals surface area contributed by atoms with Crippen molar-refractivity contribution >= 4 is 23.4 Å². The van der Waals surface area contributed by atoms with Crippen molar-refractivity contribution in [2.24, 2.45) is 0 Å². The van der Waals surface area contributed by atoms with E-state index < -0.39 is 0 Å². The Morgan fingerprint density at radius 2 is 1.71 bits per heavy atom. The standard InChI is InChI=1S/C27H35N5O2/c1-8-31(26(34)28-22-14-10-12-19(3)20(22)4)17-25(33)29-24-16-23(27(5,6)7)30-32(24)21-13-9-11-18(2)15-21/h9-16H,8,17H2,1-7H3,(H,28,34)(H,29,33). The molecule has 2 N–H and O–H groups in total. The predicted octanol–water partition coefficient (Wildman–Crippen LogP) is 5.59. The molecular formula is C27H35N5O2. The van der Waals surface area contributed by atoms with Crippen LogP contribution in [0.3, 0.4) is 0 Å². The molecule has 1 heterocycles. The summed E-state index contributed by atoms with van der Waals surface area (Å²) in [5.41, 5.74) is 5.50. The highest BCUT2D eigenvalue weighted by Crippen LogP contribution is 2.26. The molecule has 0 saturated carbocycles. The van der Waals surface area contributed by atoms with Crippen LogP contribution in [-0.2, 0) is 10.2 Å². The van der Waals surface area contributed by atoms with Crippen molar-refractivity contribution in [2.45, 2.75) is 53.9 Å². The SMILES string of the molecule is CCN(CC(=O)Nc1cc(C(C)(C)C)nn1-c1cccc(C)c1)C(=O)Nc1cccc(C)c1C. The number of aromatic nitrogens is 2. The van der Waals surface area contributed by atoms with Gasteiger partial charge in [0.2, 0.25) is 5.91 Å². The van der Waals surface area contributed by atoms with Gasteiger partial charge < -0.3 is 15.5 Å².